The first-order chi connectivity index (χ1) is 10.0. The molecule has 0 saturated heterocycles. The number of anilines is 1. The Morgan fingerprint density at radius 3 is 2.57 bits per heavy atom. The van der Waals surface area contributed by atoms with Crippen molar-refractivity contribution in [1.29, 1.82) is 5.26 Å². The van der Waals surface area contributed by atoms with E-state index < -0.39 is 5.60 Å². The summed E-state index contributed by atoms with van der Waals surface area (Å²) in [6.45, 7) is 2.45. The van der Waals surface area contributed by atoms with Gasteiger partial charge in [0.25, 0.3) is 0 Å². The first-order valence-electron chi connectivity index (χ1n) is 6.74. The molecule has 2 N–H and O–H groups in total. The van der Waals surface area contributed by atoms with Gasteiger partial charge in [0, 0.05) is 16.7 Å². The van der Waals surface area contributed by atoms with Gasteiger partial charge in [-0.05, 0) is 53.0 Å². The number of rotatable bonds is 5. The van der Waals surface area contributed by atoms with E-state index in [-0.39, 0.29) is 0 Å². The molecule has 0 bridgehead atoms. The molecule has 2 aromatic rings. The van der Waals surface area contributed by atoms with Gasteiger partial charge in [-0.3, -0.25) is 0 Å². The third-order valence-corrected chi connectivity index (χ3v) is 4.08. The first kappa shape index (κ1) is 15.6. The molecular weight excluding hydrogens is 328 g/mol. The second kappa shape index (κ2) is 6.75. The number of halogens is 1. The van der Waals surface area contributed by atoms with E-state index in [2.05, 4.69) is 27.3 Å². The van der Waals surface area contributed by atoms with Crippen LogP contribution in [0, 0.1) is 11.3 Å². The smallest absolute Gasteiger partial charge is 0.0992 e. The molecule has 0 radical (unpaired) electrons. The van der Waals surface area contributed by atoms with Gasteiger partial charge in [0.15, 0.2) is 0 Å². The topological polar surface area (TPSA) is 56.0 Å². The SMILES string of the molecule is CC(O)(CCNc1ccc(C#N)cc1Br)c1ccccc1. The number of nitriles is 1. The summed E-state index contributed by atoms with van der Waals surface area (Å²) in [6.07, 6.45) is 0.587. The average Bonchev–Trinajstić information content (AvgIpc) is 2.49. The van der Waals surface area contributed by atoms with Gasteiger partial charge in [-0.1, -0.05) is 30.3 Å². The Kier molecular flexibility index (Phi) is 5.00. The predicted octanol–water partition coefficient (Wildman–Crippen LogP) is 4.03. The highest BCUT2D eigenvalue weighted by Crippen LogP contribution is 2.26. The van der Waals surface area contributed by atoms with Crippen molar-refractivity contribution in [2.45, 2.75) is 18.9 Å². The normalized spacial score (nSPS) is 13.2. The van der Waals surface area contributed by atoms with Gasteiger partial charge in [-0.2, -0.15) is 5.26 Å². The van der Waals surface area contributed by atoms with E-state index in [1.165, 1.54) is 0 Å². The minimum absolute atomic E-state index is 0.587. The number of nitrogens with one attached hydrogen (secondary N) is 1. The summed E-state index contributed by atoms with van der Waals surface area (Å²) in [7, 11) is 0. The molecule has 108 valence electrons. The van der Waals surface area contributed by atoms with Crippen LogP contribution in [0.1, 0.15) is 24.5 Å². The maximum atomic E-state index is 10.5. The van der Waals surface area contributed by atoms with E-state index in [4.69, 9.17) is 5.26 Å². The van der Waals surface area contributed by atoms with Gasteiger partial charge in [0.2, 0.25) is 0 Å². The summed E-state index contributed by atoms with van der Waals surface area (Å²) in [5, 5.41) is 22.6. The quantitative estimate of drug-likeness (QED) is 0.860. The Morgan fingerprint density at radius 1 is 1.24 bits per heavy atom. The van der Waals surface area contributed by atoms with Crippen molar-refractivity contribution in [3.05, 3.63) is 64.1 Å². The predicted molar refractivity (Wildman–Crippen MR) is 88.0 cm³/mol. The minimum Gasteiger partial charge on any atom is -0.385 e. The number of hydrogen-bond acceptors (Lipinski definition) is 3. The average molecular weight is 345 g/mol. The number of nitrogens with zero attached hydrogens (tertiary/aromatic N) is 1. The molecule has 4 heteroatoms. The zero-order valence-corrected chi connectivity index (χ0v) is 13.4. The van der Waals surface area contributed by atoms with Crippen LogP contribution in [0.15, 0.2) is 53.0 Å². The molecule has 0 spiro atoms. The molecule has 2 rings (SSSR count). The summed E-state index contributed by atoms with van der Waals surface area (Å²) in [6, 6.07) is 17.1. The fourth-order valence-corrected chi connectivity index (χ4v) is 2.63. The van der Waals surface area contributed by atoms with Gasteiger partial charge >= 0.3 is 0 Å². The molecule has 0 saturated carbocycles. The summed E-state index contributed by atoms with van der Waals surface area (Å²) in [5.41, 5.74) is 1.57. The molecule has 0 aromatic heterocycles. The van der Waals surface area contributed by atoms with Crippen LogP contribution in [0.3, 0.4) is 0 Å². The molecule has 0 heterocycles. The van der Waals surface area contributed by atoms with E-state index >= 15 is 0 Å². The van der Waals surface area contributed by atoms with Crippen molar-refractivity contribution in [3.63, 3.8) is 0 Å². The molecule has 0 aliphatic rings. The van der Waals surface area contributed by atoms with Crippen molar-refractivity contribution >= 4 is 21.6 Å². The Labute approximate surface area is 133 Å². The fourth-order valence-electron chi connectivity index (χ4n) is 2.11. The lowest BCUT2D eigenvalue weighted by molar-refractivity contribution is 0.0515. The summed E-state index contributed by atoms with van der Waals surface area (Å²) in [5.74, 6) is 0. The standard InChI is InChI=1S/C17H17BrN2O/c1-17(21,14-5-3-2-4-6-14)9-10-20-16-8-7-13(12-19)11-15(16)18/h2-8,11,20-21H,9-10H2,1H3. The van der Waals surface area contributed by atoms with E-state index in [1.807, 2.05) is 43.3 Å². The van der Waals surface area contributed by atoms with E-state index in [9.17, 15) is 5.11 Å². The second-order valence-electron chi connectivity index (χ2n) is 5.12. The molecule has 1 unspecified atom stereocenters. The van der Waals surface area contributed by atoms with Crippen LogP contribution in [0.5, 0.6) is 0 Å². The number of benzene rings is 2. The molecule has 0 aliphatic carbocycles. The molecular formula is C17H17BrN2O. The molecule has 2 aromatic carbocycles. The molecule has 3 nitrogen and oxygen atoms in total. The molecule has 0 aliphatic heterocycles. The van der Waals surface area contributed by atoms with Crippen molar-refractivity contribution in [1.82, 2.24) is 0 Å². The molecule has 0 fully saturated rings. The second-order valence-corrected chi connectivity index (χ2v) is 5.98. The van der Waals surface area contributed by atoms with Crippen LogP contribution in [0.25, 0.3) is 0 Å². The number of aliphatic hydroxyl groups is 1. The fraction of sp³-hybridized carbons (Fsp3) is 0.235. The minimum atomic E-state index is -0.868. The Balaban J connectivity index is 1.97. The maximum absolute atomic E-state index is 10.5. The van der Waals surface area contributed by atoms with Crippen molar-refractivity contribution in [3.8, 4) is 6.07 Å². The third kappa shape index (κ3) is 4.07. The summed E-state index contributed by atoms with van der Waals surface area (Å²) in [4.78, 5) is 0. The Hall–Kier alpha value is -1.83. The highest BCUT2D eigenvalue weighted by Gasteiger charge is 2.22. The van der Waals surface area contributed by atoms with Gasteiger partial charge < -0.3 is 10.4 Å². The van der Waals surface area contributed by atoms with Crippen LogP contribution < -0.4 is 5.32 Å². The van der Waals surface area contributed by atoms with Gasteiger partial charge in [0.05, 0.1) is 17.2 Å². The lowest BCUT2D eigenvalue weighted by Crippen LogP contribution is -2.24. The number of hydrogen-bond donors (Lipinski definition) is 2. The molecule has 21 heavy (non-hydrogen) atoms. The largest absolute Gasteiger partial charge is 0.385 e. The Bertz CT molecular complexity index is 648. The first-order valence-corrected chi connectivity index (χ1v) is 7.54. The molecule has 0 amide bonds. The highest BCUT2D eigenvalue weighted by atomic mass is 79.9. The van der Waals surface area contributed by atoms with Crippen LogP contribution in [0.2, 0.25) is 0 Å². The highest BCUT2D eigenvalue weighted by molar-refractivity contribution is 9.10. The van der Waals surface area contributed by atoms with Crippen LogP contribution in [-0.2, 0) is 5.60 Å². The van der Waals surface area contributed by atoms with E-state index in [0.29, 0.717) is 18.5 Å². The lowest BCUT2D eigenvalue weighted by Gasteiger charge is -2.24. The van der Waals surface area contributed by atoms with Crippen molar-refractivity contribution in [2.24, 2.45) is 0 Å². The van der Waals surface area contributed by atoms with Gasteiger partial charge in [-0.15, -0.1) is 0 Å². The monoisotopic (exact) mass is 344 g/mol. The third-order valence-electron chi connectivity index (χ3n) is 3.42. The molecule has 1 atom stereocenters. The zero-order chi connectivity index (χ0) is 15.3. The van der Waals surface area contributed by atoms with E-state index in [1.54, 1.807) is 12.1 Å². The maximum Gasteiger partial charge on any atom is 0.0992 e. The summed E-state index contributed by atoms with van der Waals surface area (Å²) >= 11 is 3.44. The summed E-state index contributed by atoms with van der Waals surface area (Å²) < 4.78 is 0.848. The van der Waals surface area contributed by atoms with Crippen LogP contribution in [0.4, 0.5) is 5.69 Å². The van der Waals surface area contributed by atoms with Crippen LogP contribution in [-0.4, -0.2) is 11.7 Å². The Morgan fingerprint density at radius 2 is 1.95 bits per heavy atom. The van der Waals surface area contributed by atoms with Gasteiger partial charge in [-0.25, -0.2) is 0 Å². The zero-order valence-electron chi connectivity index (χ0n) is 11.8. The lowest BCUT2D eigenvalue weighted by atomic mass is 9.92. The van der Waals surface area contributed by atoms with Crippen molar-refractivity contribution in [2.75, 3.05) is 11.9 Å². The van der Waals surface area contributed by atoms with E-state index in [0.717, 1.165) is 15.7 Å². The van der Waals surface area contributed by atoms with Gasteiger partial charge in [0.1, 0.15) is 0 Å². The van der Waals surface area contributed by atoms with Crippen LogP contribution >= 0.6 is 15.9 Å². The van der Waals surface area contributed by atoms with Crippen molar-refractivity contribution < 1.29 is 5.11 Å².